The zero-order valence-electron chi connectivity index (χ0n) is 10.2. The largest absolute Gasteiger partial charge is 0.381 e. The van der Waals surface area contributed by atoms with E-state index in [4.69, 9.17) is 15.2 Å². The lowest BCUT2D eigenvalue weighted by atomic mass is 9.94. The molecule has 2 aliphatic heterocycles. The van der Waals surface area contributed by atoms with Crippen molar-refractivity contribution < 1.29 is 9.47 Å². The van der Waals surface area contributed by atoms with Crippen molar-refractivity contribution in [2.75, 3.05) is 39.5 Å². The van der Waals surface area contributed by atoms with Crippen LogP contribution >= 0.6 is 0 Å². The van der Waals surface area contributed by atoms with Crippen molar-refractivity contribution in [3.63, 3.8) is 0 Å². The maximum atomic E-state index is 6.28. The highest BCUT2D eigenvalue weighted by atomic mass is 16.5. The predicted octanol–water partition coefficient (Wildman–Crippen LogP) is 0.461. The molecular formula is C12H24N2O2. The number of nitrogens with two attached hydrogens (primary N) is 1. The van der Waals surface area contributed by atoms with Gasteiger partial charge in [0.15, 0.2) is 0 Å². The first-order valence-corrected chi connectivity index (χ1v) is 6.48. The smallest absolute Gasteiger partial charge is 0.0856 e. The second-order valence-electron chi connectivity index (χ2n) is 4.91. The van der Waals surface area contributed by atoms with Crippen LogP contribution in [0.4, 0.5) is 0 Å². The van der Waals surface area contributed by atoms with Crippen molar-refractivity contribution >= 4 is 0 Å². The zero-order valence-corrected chi connectivity index (χ0v) is 10.2. The maximum absolute atomic E-state index is 6.28. The summed E-state index contributed by atoms with van der Waals surface area (Å²) in [6.07, 6.45) is 2.50. The normalized spacial score (nSPS) is 34.1. The SMILES string of the molecule is CCCN1CCOC(C(N)C2CCOC2)C1. The molecule has 3 unspecified atom stereocenters. The summed E-state index contributed by atoms with van der Waals surface area (Å²) in [4.78, 5) is 2.46. The molecule has 3 atom stereocenters. The lowest BCUT2D eigenvalue weighted by Crippen LogP contribution is -2.53. The molecule has 0 radical (unpaired) electrons. The van der Waals surface area contributed by atoms with Crippen LogP contribution in [0.15, 0.2) is 0 Å². The van der Waals surface area contributed by atoms with Crippen LogP contribution in [-0.4, -0.2) is 56.5 Å². The molecule has 0 spiro atoms. The van der Waals surface area contributed by atoms with Crippen molar-refractivity contribution in [1.82, 2.24) is 4.90 Å². The van der Waals surface area contributed by atoms with Gasteiger partial charge in [-0.15, -0.1) is 0 Å². The van der Waals surface area contributed by atoms with Crippen molar-refractivity contribution in [2.24, 2.45) is 11.7 Å². The Bertz CT molecular complexity index is 205. The molecule has 0 saturated carbocycles. The molecule has 0 amide bonds. The topological polar surface area (TPSA) is 47.7 Å². The molecule has 2 aliphatic rings. The Morgan fingerprint density at radius 1 is 1.44 bits per heavy atom. The van der Waals surface area contributed by atoms with Gasteiger partial charge in [-0.1, -0.05) is 6.92 Å². The average Bonchev–Trinajstić information content (AvgIpc) is 2.82. The standard InChI is InChI=1S/C12H24N2O2/c1-2-4-14-5-7-16-11(8-14)12(13)10-3-6-15-9-10/h10-12H,2-9,13H2,1H3. The Morgan fingerprint density at radius 3 is 3.00 bits per heavy atom. The molecule has 0 aromatic rings. The van der Waals surface area contributed by atoms with Gasteiger partial charge >= 0.3 is 0 Å². The van der Waals surface area contributed by atoms with E-state index in [1.807, 2.05) is 0 Å². The molecule has 4 nitrogen and oxygen atoms in total. The monoisotopic (exact) mass is 228 g/mol. The minimum absolute atomic E-state index is 0.141. The minimum atomic E-state index is 0.141. The lowest BCUT2D eigenvalue weighted by molar-refractivity contribution is -0.0495. The maximum Gasteiger partial charge on any atom is 0.0856 e. The number of nitrogens with zero attached hydrogens (tertiary/aromatic N) is 1. The highest BCUT2D eigenvalue weighted by Crippen LogP contribution is 2.21. The molecule has 2 heterocycles. The van der Waals surface area contributed by atoms with Crippen LogP contribution < -0.4 is 5.73 Å². The Kier molecular flexibility index (Phi) is 4.58. The number of hydrogen-bond donors (Lipinski definition) is 1. The third kappa shape index (κ3) is 2.94. The molecule has 94 valence electrons. The fraction of sp³-hybridized carbons (Fsp3) is 1.00. The summed E-state index contributed by atoms with van der Waals surface area (Å²) < 4.78 is 11.2. The lowest BCUT2D eigenvalue weighted by Gasteiger charge is -2.37. The summed E-state index contributed by atoms with van der Waals surface area (Å²) >= 11 is 0. The molecule has 2 fully saturated rings. The summed E-state index contributed by atoms with van der Waals surface area (Å²) in [5, 5.41) is 0. The van der Waals surface area contributed by atoms with Crippen LogP contribution in [0.5, 0.6) is 0 Å². The van der Waals surface area contributed by atoms with Gasteiger partial charge in [0.1, 0.15) is 0 Å². The van der Waals surface area contributed by atoms with Gasteiger partial charge < -0.3 is 15.2 Å². The van der Waals surface area contributed by atoms with E-state index in [-0.39, 0.29) is 12.1 Å². The predicted molar refractivity (Wildman–Crippen MR) is 63.4 cm³/mol. The van der Waals surface area contributed by atoms with E-state index >= 15 is 0 Å². The third-order valence-corrected chi connectivity index (χ3v) is 3.66. The summed E-state index contributed by atoms with van der Waals surface area (Å²) in [5.74, 6) is 0.492. The van der Waals surface area contributed by atoms with E-state index in [1.165, 1.54) is 6.42 Å². The van der Waals surface area contributed by atoms with Crippen molar-refractivity contribution in [2.45, 2.75) is 31.9 Å². The zero-order chi connectivity index (χ0) is 11.4. The summed E-state index contributed by atoms with van der Waals surface area (Å²) in [5.41, 5.74) is 6.28. The van der Waals surface area contributed by atoms with E-state index in [2.05, 4.69) is 11.8 Å². The number of rotatable bonds is 4. The summed E-state index contributed by atoms with van der Waals surface area (Å²) in [6, 6.07) is 0.141. The fourth-order valence-corrected chi connectivity index (χ4v) is 2.64. The second-order valence-corrected chi connectivity index (χ2v) is 4.91. The van der Waals surface area contributed by atoms with Crippen LogP contribution in [0.2, 0.25) is 0 Å². The van der Waals surface area contributed by atoms with Gasteiger partial charge in [-0.05, 0) is 19.4 Å². The average molecular weight is 228 g/mol. The van der Waals surface area contributed by atoms with Gasteiger partial charge in [-0.2, -0.15) is 0 Å². The number of ether oxygens (including phenoxy) is 2. The van der Waals surface area contributed by atoms with Crippen LogP contribution in [0.25, 0.3) is 0 Å². The number of morpholine rings is 1. The van der Waals surface area contributed by atoms with Crippen LogP contribution in [0, 0.1) is 5.92 Å². The summed E-state index contributed by atoms with van der Waals surface area (Å²) in [7, 11) is 0. The molecule has 0 aromatic heterocycles. The van der Waals surface area contributed by atoms with Gasteiger partial charge in [-0.3, -0.25) is 4.90 Å². The van der Waals surface area contributed by atoms with Gasteiger partial charge in [-0.25, -0.2) is 0 Å². The first-order chi connectivity index (χ1) is 7.81. The molecule has 2 saturated heterocycles. The van der Waals surface area contributed by atoms with E-state index in [0.29, 0.717) is 5.92 Å². The first-order valence-electron chi connectivity index (χ1n) is 6.48. The van der Waals surface area contributed by atoms with E-state index in [9.17, 15) is 0 Å². The summed E-state index contributed by atoms with van der Waals surface area (Å²) in [6.45, 7) is 7.93. The molecule has 0 aromatic carbocycles. The van der Waals surface area contributed by atoms with Crippen LogP contribution in [0.1, 0.15) is 19.8 Å². The Hall–Kier alpha value is -0.160. The van der Waals surface area contributed by atoms with Crippen molar-refractivity contribution in [3.8, 4) is 0 Å². The van der Waals surface area contributed by atoms with E-state index in [0.717, 1.165) is 45.9 Å². The van der Waals surface area contributed by atoms with E-state index < -0.39 is 0 Å². The highest BCUT2D eigenvalue weighted by molar-refractivity contribution is 4.87. The first kappa shape index (κ1) is 12.3. The second kappa shape index (κ2) is 5.96. The molecule has 16 heavy (non-hydrogen) atoms. The molecule has 4 heteroatoms. The van der Waals surface area contributed by atoms with Crippen LogP contribution in [0.3, 0.4) is 0 Å². The van der Waals surface area contributed by atoms with Crippen LogP contribution in [-0.2, 0) is 9.47 Å². The van der Waals surface area contributed by atoms with E-state index in [1.54, 1.807) is 0 Å². The highest BCUT2D eigenvalue weighted by Gasteiger charge is 2.32. The van der Waals surface area contributed by atoms with Gasteiger partial charge in [0.2, 0.25) is 0 Å². The molecule has 0 aliphatic carbocycles. The Morgan fingerprint density at radius 2 is 2.31 bits per heavy atom. The number of hydrogen-bond acceptors (Lipinski definition) is 4. The Labute approximate surface area is 98.1 Å². The molecule has 2 N–H and O–H groups in total. The van der Waals surface area contributed by atoms with Crippen molar-refractivity contribution in [1.29, 1.82) is 0 Å². The fourth-order valence-electron chi connectivity index (χ4n) is 2.64. The molecular weight excluding hydrogens is 204 g/mol. The van der Waals surface area contributed by atoms with Gasteiger partial charge in [0.05, 0.1) is 19.3 Å². The minimum Gasteiger partial charge on any atom is -0.381 e. The molecule has 2 rings (SSSR count). The van der Waals surface area contributed by atoms with Gasteiger partial charge in [0.25, 0.3) is 0 Å². The molecule has 0 bridgehead atoms. The Balaban J connectivity index is 1.82. The third-order valence-electron chi connectivity index (χ3n) is 3.66. The van der Waals surface area contributed by atoms with Gasteiger partial charge in [0, 0.05) is 31.7 Å². The van der Waals surface area contributed by atoms with Crippen molar-refractivity contribution in [3.05, 3.63) is 0 Å². The quantitative estimate of drug-likeness (QED) is 0.759.